The third-order valence-corrected chi connectivity index (χ3v) is 6.33. The molecule has 1 atom stereocenters. The first kappa shape index (κ1) is 31.0. The van der Waals surface area contributed by atoms with Gasteiger partial charge in [-0.05, 0) is 12.8 Å². The van der Waals surface area contributed by atoms with Gasteiger partial charge in [0.1, 0.15) is 13.2 Å². The van der Waals surface area contributed by atoms with E-state index in [4.69, 9.17) is 13.8 Å². The van der Waals surface area contributed by atoms with Crippen molar-refractivity contribution in [1.29, 1.82) is 0 Å². The average Bonchev–Trinajstić information content (AvgIpc) is 2.68. The van der Waals surface area contributed by atoms with E-state index in [-0.39, 0.29) is 13.2 Å². The number of quaternary nitrogens is 1. The van der Waals surface area contributed by atoms with Crippen molar-refractivity contribution in [3.8, 4) is 0 Å². The molecule has 0 radical (unpaired) electrons. The fraction of sp³-hybridized carbons (Fsp3) is 1.00. The van der Waals surface area contributed by atoms with Gasteiger partial charge in [-0.25, -0.2) is 0 Å². The minimum atomic E-state index is -4.19. The monoisotopic (exact) mass is 465 g/mol. The van der Waals surface area contributed by atoms with Crippen molar-refractivity contribution in [3.05, 3.63) is 0 Å². The van der Waals surface area contributed by atoms with E-state index in [2.05, 4.69) is 6.92 Å². The van der Waals surface area contributed by atoms with Crippen molar-refractivity contribution in [3.63, 3.8) is 0 Å². The Morgan fingerprint density at radius 2 is 1.03 bits per heavy atom. The summed E-state index contributed by atoms with van der Waals surface area (Å²) in [4.78, 5) is 11.6. The molecule has 0 aromatic rings. The second-order valence-electron chi connectivity index (χ2n) is 9.69. The van der Waals surface area contributed by atoms with Crippen LogP contribution in [0.3, 0.4) is 0 Å². The van der Waals surface area contributed by atoms with Crippen molar-refractivity contribution in [2.45, 2.75) is 103 Å². The Morgan fingerprint density at radius 3 is 1.52 bits per heavy atom. The Hall–Kier alpha value is 0.0300. The topological polar surface area (TPSA) is 67.8 Å². The second-order valence-corrected chi connectivity index (χ2v) is 11.1. The van der Waals surface area contributed by atoms with Crippen molar-refractivity contribution >= 4 is 7.82 Å². The van der Waals surface area contributed by atoms with Gasteiger partial charge in [-0.1, -0.05) is 90.4 Å². The predicted octanol–water partition coefficient (Wildman–Crippen LogP) is 6.08. The van der Waals surface area contributed by atoms with Crippen molar-refractivity contribution in [1.82, 2.24) is 0 Å². The molecule has 0 saturated carbocycles. The molecule has 0 saturated heterocycles. The average molecular weight is 466 g/mol. The van der Waals surface area contributed by atoms with Crippen molar-refractivity contribution in [2.24, 2.45) is 0 Å². The zero-order valence-electron chi connectivity index (χ0n) is 21.1. The van der Waals surface area contributed by atoms with Gasteiger partial charge in [-0.15, -0.1) is 0 Å². The molecule has 0 aliphatic rings. The molecule has 0 rings (SSSR count). The molecule has 31 heavy (non-hydrogen) atoms. The summed E-state index contributed by atoms with van der Waals surface area (Å²) in [5, 5.41) is 0. The van der Waals surface area contributed by atoms with E-state index in [1.165, 1.54) is 83.5 Å². The van der Waals surface area contributed by atoms with Gasteiger partial charge in [0.15, 0.2) is 0 Å². The first-order chi connectivity index (χ1) is 14.8. The zero-order chi connectivity index (χ0) is 23.3. The van der Waals surface area contributed by atoms with Gasteiger partial charge >= 0.3 is 0 Å². The smallest absolute Gasteiger partial charge is 0.268 e. The maximum absolute atomic E-state index is 11.6. The van der Waals surface area contributed by atoms with E-state index < -0.39 is 7.82 Å². The molecular weight excluding hydrogens is 413 g/mol. The Kier molecular flexibility index (Phi) is 20.6. The molecule has 0 fully saturated rings. The van der Waals surface area contributed by atoms with Crippen LogP contribution in [-0.2, 0) is 18.3 Å². The minimum absolute atomic E-state index is 0.115. The molecule has 0 bridgehead atoms. The Bertz CT molecular complexity index is 429. The molecular formula is C24H52NO5P. The highest BCUT2D eigenvalue weighted by atomic mass is 31.2. The van der Waals surface area contributed by atoms with E-state index >= 15 is 0 Å². The maximum Gasteiger partial charge on any atom is 0.268 e. The van der Waals surface area contributed by atoms with E-state index in [9.17, 15) is 9.46 Å². The van der Waals surface area contributed by atoms with Crippen LogP contribution in [0, 0.1) is 0 Å². The molecule has 0 spiro atoms. The molecule has 0 heterocycles. The molecule has 6 nitrogen and oxygen atoms in total. The quantitative estimate of drug-likeness (QED) is 0.0981. The summed E-state index contributed by atoms with van der Waals surface area (Å²) < 4.78 is 27.6. The normalized spacial score (nSPS) is 14.1. The Balaban J connectivity index is 3.25. The fourth-order valence-electron chi connectivity index (χ4n) is 3.30. The number of hydrogen-bond donors (Lipinski definition) is 0. The van der Waals surface area contributed by atoms with Gasteiger partial charge in [0.05, 0.1) is 27.7 Å². The first-order valence-electron chi connectivity index (χ1n) is 12.7. The van der Waals surface area contributed by atoms with Crippen molar-refractivity contribution in [2.75, 3.05) is 54.1 Å². The molecule has 0 aliphatic heterocycles. The summed E-state index contributed by atoms with van der Waals surface area (Å²) in [5.74, 6) is 0. The van der Waals surface area contributed by atoms with Crippen molar-refractivity contribution < 1.29 is 27.7 Å². The number of phosphoric acid groups is 1. The molecule has 1 unspecified atom stereocenters. The third-order valence-electron chi connectivity index (χ3n) is 5.34. The lowest BCUT2D eigenvalue weighted by Crippen LogP contribution is -2.37. The number of nitrogens with zero attached hydrogens (tertiary/aromatic N) is 1. The van der Waals surface area contributed by atoms with Crippen LogP contribution in [0.15, 0.2) is 0 Å². The summed E-state index contributed by atoms with van der Waals surface area (Å²) in [6.07, 6.45) is 19.4. The number of unbranched alkanes of at least 4 members (excludes halogenated alkanes) is 13. The number of phosphoric ester groups is 1. The maximum atomic E-state index is 11.6. The molecule has 0 N–H and O–H groups in total. The number of likely N-dealkylation sites (N-methyl/N-ethyl adjacent to an activating group) is 1. The van der Waals surface area contributed by atoms with Crippen LogP contribution in [0.2, 0.25) is 0 Å². The number of rotatable bonds is 24. The van der Waals surface area contributed by atoms with E-state index in [1.807, 2.05) is 21.1 Å². The first-order valence-corrected chi connectivity index (χ1v) is 14.2. The Labute approximate surface area is 193 Å². The molecule has 7 heteroatoms. The fourth-order valence-corrected chi connectivity index (χ4v) is 4.03. The molecule has 188 valence electrons. The standard InChI is InChI=1S/C24H52NO5P/c1-5-6-7-8-9-10-11-12-13-14-15-16-17-18-21-28-22-19-23-29-31(26,27)30-24-20-25(2,3)4/h5-24H2,1-4H3. The second kappa shape index (κ2) is 20.6. The van der Waals surface area contributed by atoms with Crippen LogP contribution < -0.4 is 4.89 Å². The Morgan fingerprint density at radius 1 is 0.613 bits per heavy atom. The van der Waals surface area contributed by atoms with Crippen LogP contribution in [0.1, 0.15) is 103 Å². The van der Waals surface area contributed by atoms with Gasteiger partial charge in [0.2, 0.25) is 0 Å². The van der Waals surface area contributed by atoms with E-state index in [1.54, 1.807) is 0 Å². The summed E-state index contributed by atoms with van der Waals surface area (Å²) >= 11 is 0. The summed E-state index contributed by atoms with van der Waals surface area (Å²) in [7, 11) is 1.76. The molecule has 0 amide bonds. The zero-order valence-corrected chi connectivity index (χ0v) is 22.0. The lowest BCUT2D eigenvalue weighted by molar-refractivity contribution is -0.870. The highest BCUT2D eigenvalue weighted by molar-refractivity contribution is 7.45. The highest BCUT2D eigenvalue weighted by Gasteiger charge is 2.12. The van der Waals surface area contributed by atoms with Gasteiger partial charge in [-0.2, -0.15) is 0 Å². The van der Waals surface area contributed by atoms with Gasteiger partial charge in [0, 0.05) is 13.2 Å². The highest BCUT2D eigenvalue weighted by Crippen LogP contribution is 2.38. The van der Waals surface area contributed by atoms with Crippen LogP contribution in [0.5, 0.6) is 0 Å². The van der Waals surface area contributed by atoms with Crippen LogP contribution in [0.4, 0.5) is 0 Å². The lowest BCUT2D eigenvalue weighted by atomic mass is 10.0. The molecule has 0 aromatic carbocycles. The summed E-state index contributed by atoms with van der Waals surface area (Å²) in [6, 6.07) is 0. The largest absolute Gasteiger partial charge is 0.756 e. The van der Waals surface area contributed by atoms with Gasteiger partial charge < -0.3 is 23.2 Å². The SMILES string of the molecule is CCCCCCCCCCCCCCCCOCCCOP(=O)([O-])OCC[N+](C)(C)C. The lowest BCUT2D eigenvalue weighted by Gasteiger charge is -2.27. The molecule has 0 aliphatic carbocycles. The van der Waals surface area contributed by atoms with Crippen LogP contribution in [0.25, 0.3) is 0 Å². The van der Waals surface area contributed by atoms with Gasteiger partial charge in [-0.3, -0.25) is 4.57 Å². The number of hydrogen-bond acceptors (Lipinski definition) is 5. The minimum Gasteiger partial charge on any atom is -0.756 e. The van der Waals surface area contributed by atoms with Gasteiger partial charge in [0.25, 0.3) is 7.82 Å². The predicted molar refractivity (Wildman–Crippen MR) is 128 cm³/mol. The summed E-state index contributed by atoms with van der Waals surface area (Å²) in [6.45, 7) is 4.40. The molecule has 0 aromatic heterocycles. The summed E-state index contributed by atoms with van der Waals surface area (Å²) in [5.41, 5.74) is 0. The van der Waals surface area contributed by atoms with E-state index in [0.29, 0.717) is 24.1 Å². The van der Waals surface area contributed by atoms with Crippen LogP contribution in [-0.4, -0.2) is 58.6 Å². The van der Waals surface area contributed by atoms with E-state index in [0.717, 1.165) is 13.0 Å². The van der Waals surface area contributed by atoms with Crippen LogP contribution >= 0.6 is 7.82 Å². The third kappa shape index (κ3) is 26.2. The number of ether oxygens (including phenoxy) is 1.